The highest BCUT2D eigenvalue weighted by Gasteiger charge is 2.26. The first-order valence-corrected chi connectivity index (χ1v) is 8.33. The molecule has 0 atom stereocenters. The van der Waals surface area contributed by atoms with Crippen LogP contribution < -0.4 is 0 Å². The van der Waals surface area contributed by atoms with Crippen LogP contribution in [0.1, 0.15) is 64.9 Å². The molecule has 1 saturated heterocycles. The second-order valence-electron chi connectivity index (χ2n) is 7.70. The largest absolute Gasteiger partial charge is 0.301 e. The lowest BCUT2D eigenvalue weighted by molar-refractivity contribution is 0.169. The smallest absolute Gasteiger partial charge is 0.177 e. The molecule has 0 saturated carbocycles. The highest BCUT2D eigenvalue weighted by Crippen LogP contribution is 2.28. The molecule has 3 heterocycles. The van der Waals surface area contributed by atoms with Gasteiger partial charge in [0.15, 0.2) is 11.5 Å². The van der Waals surface area contributed by atoms with Crippen molar-refractivity contribution in [1.82, 2.24) is 24.7 Å². The summed E-state index contributed by atoms with van der Waals surface area (Å²) in [5, 5.41) is 13.6. The number of hydrogen-bond acceptors (Lipinski definition) is 4. The fourth-order valence-corrected chi connectivity index (χ4v) is 3.13. The molecule has 2 aromatic heterocycles. The molecule has 0 unspecified atom stereocenters. The van der Waals surface area contributed by atoms with Crippen molar-refractivity contribution in [2.24, 2.45) is 0 Å². The minimum absolute atomic E-state index is 0.0384. The first-order chi connectivity index (χ1) is 10.4. The van der Waals surface area contributed by atoms with E-state index in [2.05, 4.69) is 55.8 Å². The Morgan fingerprint density at radius 2 is 1.77 bits per heavy atom. The van der Waals surface area contributed by atoms with E-state index in [-0.39, 0.29) is 5.41 Å². The van der Waals surface area contributed by atoms with E-state index in [1.165, 1.54) is 0 Å². The summed E-state index contributed by atoms with van der Waals surface area (Å²) in [5.41, 5.74) is 1.98. The fraction of sp³-hybridized carbons (Fsp3) is 0.706. The van der Waals surface area contributed by atoms with Crippen LogP contribution in [-0.4, -0.2) is 43.8 Å². The first-order valence-electron chi connectivity index (χ1n) is 8.33. The number of piperidine rings is 1. The van der Waals surface area contributed by atoms with Crippen molar-refractivity contribution in [3.05, 3.63) is 23.7 Å². The van der Waals surface area contributed by atoms with Crippen LogP contribution in [0.3, 0.4) is 0 Å². The third kappa shape index (κ3) is 2.86. The van der Waals surface area contributed by atoms with E-state index in [4.69, 9.17) is 5.10 Å². The summed E-state index contributed by atoms with van der Waals surface area (Å²) >= 11 is 0. The van der Waals surface area contributed by atoms with Crippen LogP contribution in [-0.2, 0) is 5.41 Å². The molecule has 5 nitrogen and oxygen atoms in total. The molecule has 0 aromatic carbocycles. The highest BCUT2D eigenvalue weighted by molar-refractivity contribution is 5.37. The molecule has 120 valence electrons. The maximum atomic E-state index is 4.81. The Morgan fingerprint density at radius 3 is 2.36 bits per heavy atom. The SMILES string of the molecule is CC(C)N1CCC(c2nnc3ccc(C(C)(C)C)nn23)CC1. The molecule has 0 radical (unpaired) electrons. The molecule has 0 amide bonds. The Morgan fingerprint density at radius 1 is 1.09 bits per heavy atom. The molecular formula is C17H27N5. The van der Waals surface area contributed by atoms with Gasteiger partial charge >= 0.3 is 0 Å². The summed E-state index contributed by atoms with van der Waals surface area (Å²) in [6.07, 6.45) is 2.28. The predicted molar refractivity (Wildman–Crippen MR) is 88.2 cm³/mol. The van der Waals surface area contributed by atoms with Crippen LogP contribution in [0.5, 0.6) is 0 Å². The van der Waals surface area contributed by atoms with E-state index >= 15 is 0 Å². The molecular weight excluding hydrogens is 274 g/mol. The highest BCUT2D eigenvalue weighted by atomic mass is 15.4. The van der Waals surface area contributed by atoms with E-state index in [0.717, 1.165) is 43.1 Å². The van der Waals surface area contributed by atoms with Crippen LogP contribution >= 0.6 is 0 Å². The minimum atomic E-state index is 0.0384. The number of nitrogens with zero attached hydrogens (tertiary/aromatic N) is 5. The molecule has 1 aliphatic heterocycles. The van der Waals surface area contributed by atoms with Crippen molar-refractivity contribution in [1.29, 1.82) is 0 Å². The van der Waals surface area contributed by atoms with Crippen LogP contribution in [0.15, 0.2) is 12.1 Å². The average molecular weight is 301 g/mol. The Kier molecular flexibility index (Phi) is 3.93. The van der Waals surface area contributed by atoms with Gasteiger partial charge in [0.2, 0.25) is 0 Å². The molecule has 2 aromatic rings. The van der Waals surface area contributed by atoms with Gasteiger partial charge in [-0.3, -0.25) is 0 Å². The van der Waals surface area contributed by atoms with Crippen LogP contribution in [0.4, 0.5) is 0 Å². The molecule has 1 fully saturated rings. The van der Waals surface area contributed by atoms with E-state index in [0.29, 0.717) is 12.0 Å². The van der Waals surface area contributed by atoms with E-state index in [9.17, 15) is 0 Å². The maximum absolute atomic E-state index is 4.81. The third-order valence-corrected chi connectivity index (χ3v) is 4.68. The van der Waals surface area contributed by atoms with Gasteiger partial charge in [0.05, 0.1) is 5.69 Å². The lowest BCUT2D eigenvalue weighted by Gasteiger charge is -2.33. The summed E-state index contributed by atoms with van der Waals surface area (Å²) in [6, 6.07) is 4.73. The standard InChI is InChI=1S/C17H27N5/c1-12(2)21-10-8-13(9-11-21)16-19-18-15-7-6-14(17(3,4)5)20-22(15)16/h6-7,12-13H,8-11H2,1-5H3. The molecule has 3 rings (SSSR count). The molecule has 0 N–H and O–H groups in total. The summed E-state index contributed by atoms with van der Waals surface area (Å²) < 4.78 is 1.97. The van der Waals surface area contributed by atoms with Gasteiger partial charge in [-0.05, 0) is 51.9 Å². The van der Waals surface area contributed by atoms with Gasteiger partial charge in [-0.1, -0.05) is 20.8 Å². The van der Waals surface area contributed by atoms with E-state index in [1.54, 1.807) is 0 Å². The normalized spacial score (nSPS) is 18.5. The van der Waals surface area contributed by atoms with Gasteiger partial charge in [0.1, 0.15) is 0 Å². The predicted octanol–water partition coefficient (Wildman–Crippen LogP) is 3.01. The zero-order chi connectivity index (χ0) is 15.9. The van der Waals surface area contributed by atoms with Crippen LogP contribution in [0, 0.1) is 0 Å². The fourth-order valence-electron chi connectivity index (χ4n) is 3.13. The lowest BCUT2D eigenvalue weighted by Crippen LogP contribution is -2.38. The van der Waals surface area contributed by atoms with Gasteiger partial charge in [-0.2, -0.15) is 9.61 Å². The monoisotopic (exact) mass is 301 g/mol. The van der Waals surface area contributed by atoms with Gasteiger partial charge in [0.25, 0.3) is 0 Å². The molecule has 0 bridgehead atoms. The Balaban J connectivity index is 1.88. The number of aromatic nitrogens is 4. The summed E-state index contributed by atoms with van der Waals surface area (Å²) in [5.74, 6) is 1.50. The van der Waals surface area contributed by atoms with Gasteiger partial charge in [0, 0.05) is 17.4 Å². The zero-order valence-electron chi connectivity index (χ0n) is 14.4. The molecule has 5 heteroatoms. The Bertz CT molecular complexity index is 645. The van der Waals surface area contributed by atoms with Gasteiger partial charge < -0.3 is 4.90 Å². The quantitative estimate of drug-likeness (QED) is 0.855. The van der Waals surface area contributed by atoms with E-state index < -0.39 is 0 Å². The molecule has 1 aliphatic rings. The van der Waals surface area contributed by atoms with Crippen LogP contribution in [0.25, 0.3) is 5.65 Å². The van der Waals surface area contributed by atoms with Crippen molar-refractivity contribution in [3.63, 3.8) is 0 Å². The van der Waals surface area contributed by atoms with E-state index in [1.807, 2.05) is 10.6 Å². The Labute approximate surface area is 132 Å². The second-order valence-corrected chi connectivity index (χ2v) is 7.70. The van der Waals surface area contributed by atoms with Crippen molar-refractivity contribution in [3.8, 4) is 0 Å². The lowest BCUT2D eigenvalue weighted by atomic mass is 9.92. The number of fused-ring (bicyclic) bond motifs is 1. The number of likely N-dealkylation sites (tertiary alicyclic amines) is 1. The van der Waals surface area contributed by atoms with Crippen molar-refractivity contribution in [2.45, 2.75) is 64.8 Å². The average Bonchev–Trinajstić information content (AvgIpc) is 2.89. The summed E-state index contributed by atoms with van der Waals surface area (Å²) in [7, 11) is 0. The maximum Gasteiger partial charge on any atom is 0.177 e. The number of rotatable bonds is 2. The van der Waals surface area contributed by atoms with Crippen molar-refractivity contribution < 1.29 is 0 Å². The van der Waals surface area contributed by atoms with Gasteiger partial charge in [-0.25, -0.2) is 0 Å². The van der Waals surface area contributed by atoms with Crippen LogP contribution in [0.2, 0.25) is 0 Å². The first kappa shape index (κ1) is 15.4. The molecule has 0 spiro atoms. The molecule has 0 aliphatic carbocycles. The topological polar surface area (TPSA) is 46.3 Å². The third-order valence-electron chi connectivity index (χ3n) is 4.68. The zero-order valence-corrected chi connectivity index (χ0v) is 14.4. The van der Waals surface area contributed by atoms with Crippen molar-refractivity contribution in [2.75, 3.05) is 13.1 Å². The summed E-state index contributed by atoms with van der Waals surface area (Å²) in [6.45, 7) is 13.4. The number of hydrogen-bond donors (Lipinski definition) is 0. The second kappa shape index (κ2) is 5.61. The minimum Gasteiger partial charge on any atom is -0.301 e. The van der Waals surface area contributed by atoms with Gasteiger partial charge in [-0.15, -0.1) is 10.2 Å². The van der Waals surface area contributed by atoms with Crippen molar-refractivity contribution >= 4 is 5.65 Å². The molecule has 22 heavy (non-hydrogen) atoms. The Hall–Kier alpha value is -1.49. The summed E-state index contributed by atoms with van der Waals surface area (Å²) in [4.78, 5) is 2.54.